The molecule has 4 nitrogen and oxygen atoms in total. The molecule has 0 amide bonds. The van der Waals surface area contributed by atoms with Crippen LogP contribution in [0.2, 0.25) is 5.02 Å². The number of rotatable bonds is 2. The van der Waals surface area contributed by atoms with Gasteiger partial charge in [-0.15, -0.1) is 0 Å². The number of nitriles is 1. The lowest BCUT2D eigenvalue weighted by Crippen LogP contribution is -2.43. The van der Waals surface area contributed by atoms with Crippen molar-refractivity contribution in [2.24, 2.45) is 5.41 Å². The molecular formula is C14H17ClN2O2S. The van der Waals surface area contributed by atoms with Crippen LogP contribution in [0.25, 0.3) is 0 Å². The van der Waals surface area contributed by atoms with Crippen molar-refractivity contribution in [1.82, 2.24) is 4.31 Å². The van der Waals surface area contributed by atoms with Crippen LogP contribution in [-0.4, -0.2) is 25.8 Å². The van der Waals surface area contributed by atoms with E-state index in [0.29, 0.717) is 18.7 Å². The molecule has 20 heavy (non-hydrogen) atoms. The highest BCUT2D eigenvalue weighted by Crippen LogP contribution is 2.33. The van der Waals surface area contributed by atoms with Gasteiger partial charge < -0.3 is 0 Å². The van der Waals surface area contributed by atoms with Gasteiger partial charge in [-0.2, -0.15) is 9.57 Å². The van der Waals surface area contributed by atoms with E-state index in [4.69, 9.17) is 16.9 Å². The zero-order chi connectivity index (χ0) is 15.0. The Morgan fingerprint density at radius 2 is 2.10 bits per heavy atom. The summed E-state index contributed by atoms with van der Waals surface area (Å²) >= 11 is 6.01. The summed E-state index contributed by atoms with van der Waals surface area (Å²) in [6, 6.07) is 6.27. The van der Waals surface area contributed by atoms with E-state index in [1.54, 1.807) is 0 Å². The zero-order valence-corrected chi connectivity index (χ0v) is 13.1. The third-order valence-electron chi connectivity index (χ3n) is 3.54. The second-order valence-electron chi connectivity index (χ2n) is 5.86. The predicted molar refractivity (Wildman–Crippen MR) is 77.9 cm³/mol. The van der Waals surface area contributed by atoms with Gasteiger partial charge in [0.2, 0.25) is 10.0 Å². The molecule has 0 unspecified atom stereocenters. The monoisotopic (exact) mass is 312 g/mol. The van der Waals surface area contributed by atoms with Crippen LogP contribution in [0.5, 0.6) is 0 Å². The summed E-state index contributed by atoms with van der Waals surface area (Å²) in [5.41, 5.74) is 0.259. The molecule has 6 heteroatoms. The average Bonchev–Trinajstić information content (AvgIpc) is 2.38. The number of halogens is 1. The van der Waals surface area contributed by atoms with Crippen molar-refractivity contribution in [3.63, 3.8) is 0 Å². The number of piperidine rings is 1. The normalized spacial score (nSPS) is 19.5. The van der Waals surface area contributed by atoms with Crippen molar-refractivity contribution in [3.8, 4) is 6.07 Å². The van der Waals surface area contributed by atoms with Crippen LogP contribution in [0.3, 0.4) is 0 Å². The van der Waals surface area contributed by atoms with E-state index < -0.39 is 10.0 Å². The maximum Gasteiger partial charge on any atom is 0.244 e. The van der Waals surface area contributed by atoms with Gasteiger partial charge in [0, 0.05) is 13.1 Å². The second-order valence-corrected chi connectivity index (χ2v) is 8.18. The van der Waals surface area contributed by atoms with Gasteiger partial charge in [0.15, 0.2) is 0 Å². The van der Waals surface area contributed by atoms with Crippen LogP contribution in [0.4, 0.5) is 0 Å². The highest BCUT2D eigenvalue weighted by atomic mass is 35.5. The zero-order valence-electron chi connectivity index (χ0n) is 11.6. The van der Waals surface area contributed by atoms with E-state index >= 15 is 0 Å². The first-order valence-corrected chi connectivity index (χ1v) is 8.28. The Morgan fingerprint density at radius 3 is 2.70 bits per heavy atom. The highest BCUT2D eigenvalue weighted by molar-refractivity contribution is 7.89. The summed E-state index contributed by atoms with van der Waals surface area (Å²) < 4.78 is 26.9. The lowest BCUT2D eigenvalue weighted by atomic mass is 9.85. The van der Waals surface area contributed by atoms with Crippen LogP contribution in [-0.2, 0) is 10.0 Å². The van der Waals surface area contributed by atoms with Crippen LogP contribution >= 0.6 is 11.6 Å². The fourth-order valence-electron chi connectivity index (χ4n) is 2.48. The van der Waals surface area contributed by atoms with Gasteiger partial charge in [0.1, 0.15) is 4.90 Å². The van der Waals surface area contributed by atoms with E-state index in [1.165, 1.54) is 22.5 Å². The summed E-state index contributed by atoms with van der Waals surface area (Å²) in [5, 5.41) is 9.07. The first-order valence-electron chi connectivity index (χ1n) is 6.46. The smallest absolute Gasteiger partial charge is 0.207 e. The van der Waals surface area contributed by atoms with Crippen LogP contribution in [0.1, 0.15) is 32.3 Å². The molecule has 0 saturated carbocycles. The van der Waals surface area contributed by atoms with Crippen LogP contribution < -0.4 is 0 Å². The van der Waals surface area contributed by atoms with Crippen LogP contribution in [0.15, 0.2) is 23.1 Å². The van der Waals surface area contributed by atoms with E-state index in [0.717, 1.165) is 12.8 Å². The SMILES string of the molecule is CC1(C)CCCN(S(=O)(=O)c2cc(C#N)ccc2Cl)C1. The summed E-state index contributed by atoms with van der Waals surface area (Å²) in [4.78, 5) is 0.0240. The van der Waals surface area contributed by atoms with Gasteiger partial charge in [-0.25, -0.2) is 8.42 Å². The molecule has 0 aromatic heterocycles. The lowest BCUT2D eigenvalue weighted by Gasteiger charge is -2.37. The third kappa shape index (κ3) is 2.98. The molecule has 1 heterocycles. The minimum atomic E-state index is -3.65. The molecule has 0 atom stereocenters. The Kier molecular flexibility index (Phi) is 4.10. The molecule has 108 valence electrons. The van der Waals surface area contributed by atoms with E-state index in [-0.39, 0.29) is 15.3 Å². The standard InChI is InChI=1S/C14H17ClN2O2S/c1-14(2)6-3-7-17(10-14)20(18,19)13-8-11(9-16)4-5-12(13)15/h4-5,8H,3,6-7,10H2,1-2H3. The van der Waals surface area contributed by atoms with Crippen LogP contribution in [0, 0.1) is 16.7 Å². The predicted octanol–water partition coefficient (Wildman–Crippen LogP) is 3.02. The van der Waals surface area contributed by atoms with Crippen molar-refractivity contribution in [2.75, 3.05) is 13.1 Å². The molecule has 0 bridgehead atoms. The Balaban J connectivity index is 2.43. The molecule has 0 radical (unpaired) electrons. The second kappa shape index (κ2) is 5.36. The van der Waals surface area contributed by atoms with Crippen molar-refractivity contribution >= 4 is 21.6 Å². The van der Waals surface area contributed by atoms with Gasteiger partial charge >= 0.3 is 0 Å². The molecule has 1 aliphatic heterocycles. The van der Waals surface area contributed by atoms with Gasteiger partial charge in [-0.05, 0) is 36.5 Å². The Morgan fingerprint density at radius 1 is 1.40 bits per heavy atom. The number of nitrogens with zero attached hydrogens (tertiary/aromatic N) is 2. The molecular weight excluding hydrogens is 296 g/mol. The minimum Gasteiger partial charge on any atom is -0.207 e. The number of hydrogen-bond donors (Lipinski definition) is 0. The fraction of sp³-hybridized carbons (Fsp3) is 0.500. The minimum absolute atomic E-state index is 0.0240. The van der Waals surface area contributed by atoms with Crippen molar-refractivity contribution < 1.29 is 8.42 Å². The van der Waals surface area contributed by atoms with Gasteiger partial charge in [-0.1, -0.05) is 25.4 Å². The van der Waals surface area contributed by atoms with Gasteiger partial charge in [0.05, 0.1) is 16.7 Å². The molecule has 1 aliphatic rings. The first kappa shape index (κ1) is 15.3. The molecule has 0 spiro atoms. The quantitative estimate of drug-likeness (QED) is 0.843. The maximum absolute atomic E-state index is 12.7. The fourth-order valence-corrected chi connectivity index (χ4v) is 4.65. The number of benzene rings is 1. The third-order valence-corrected chi connectivity index (χ3v) is 5.87. The molecule has 1 aromatic rings. The Hall–Kier alpha value is -1.09. The molecule has 1 aromatic carbocycles. The molecule has 0 aliphatic carbocycles. The topological polar surface area (TPSA) is 61.2 Å². The average molecular weight is 313 g/mol. The Bertz CT molecular complexity index is 662. The van der Waals surface area contributed by atoms with Gasteiger partial charge in [-0.3, -0.25) is 0 Å². The van der Waals surface area contributed by atoms with Crippen molar-refractivity contribution in [1.29, 1.82) is 5.26 Å². The molecule has 0 N–H and O–H groups in total. The van der Waals surface area contributed by atoms with Gasteiger partial charge in [0.25, 0.3) is 0 Å². The van der Waals surface area contributed by atoms with Crippen molar-refractivity contribution in [3.05, 3.63) is 28.8 Å². The largest absolute Gasteiger partial charge is 0.244 e. The number of sulfonamides is 1. The summed E-state index contributed by atoms with van der Waals surface area (Å²) in [6.45, 7) is 5.09. The summed E-state index contributed by atoms with van der Waals surface area (Å²) in [7, 11) is -3.65. The van der Waals surface area contributed by atoms with E-state index in [1.807, 2.05) is 6.07 Å². The maximum atomic E-state index is 12.7. The molecule has 2 rings (SSSR count). The summed E-state index contributed by atoms with van der Waals surface area (Å²) in [6.07, 6.45) is 1.84. The molecule has 1 saturated heterocycles. The first-order chi connectivity index (χ1) is 9.26. The summed E-state index contributed by atoms with van der Waals surface area (Å²) in [5.74, 6) is 0. The Labute approximate surface area is 125 Å². The van der Waals surface area contributed by atoms with E-state index in [2.05, 4.69) is 13.8 Å². The van der Waals surface area contributed by atoms with E-state index in [9.17, 15) is 8.42 Å². The molecule has 1 fully saturated rings. The van der Waals surface area contributed by atoms with Crippen molar-refractivity contribution in [2.45, 2.75) is 31.6 Å². The lowest BCUT2D eigenvalue weighted by molar-refractivity contribution is 0.187. The highest BCUT2D eigenvalue weighted by Gasteiger charge is 2.35. The number of hydrogen-bond acceptors (Lipinski definition) is 3.